The second kappa shape index (κ2) is 20.8. The van der Waals surface area contributed by atoms with Gasteiger partial charge in [-0.05, 0) is 63.5 Å². The molecule has 0 aromatic carbocycles. The molecule has 0 aliphatic rings. The van der Waals surface area contributed by atoms with Crippen LogP contribution >= 0.6 is 11.8 Å². The summed E-state index contributed by atoms with van der Waals surface area (Å²) in [5, 5.41) is 8.74. The predicted octanol–water partition coefficient (Wildman–Crippen LogP) is 7.50. The Balaban J connectivity index is 3.51. The van der Waals surface area contributed by atoms with Gasteiger partial charge in [-0.2, -0.15) is 0 Å². The minimum absolute atomic E-state index is 0.237. The standard InChI is InChI=1S/C24H38O2S/c1-3-5-6-7-8-9-10-11-12-13-14-15-16-17-18-19-20-21-22-27-23(4-2)24(25)26/h5-6,8-9,11-12,14-15,17-18,23H,3-4,7,10,13,16,19-22H2,1-2H3,(H,25,26)/b6-5+,9-8+,12-11+,15-14+,18-17+. The average Bonchev–Trinajstić information content (AvgIpc) is 2.66. The van der Waals surface area contributed by atoms with Gasteiger partial charge < -0.3 is 5.11 Å². The molecule has 1 unspecified atom stereocenters. The third-order valence-electron chi connectivity index (χ3n) is 3.89. The highest BCUT2D eigenvalue weighted by atomic mass is 32.2. The van der Waals surface area contributed by atoms with Gasteiger partial charge in [0.1, 0.15) is 5.25 Å². The van der Waals surface area contributed by atoms with Crippen LogP contribution in [0.25, 0.3) is 0 Å². The summed E-state index contributed by atoms with van der Waals surface area (Å²) in [7, 11) is 0. The topological polar surface area (TPSA) is 37.3 Å². The van der Waals surface area contributed by atoms with E-state index in [1.54, 1.807) is 11.8 Å². The highest BCUT2D eigenvalue weighted by Gasteiger charge is 2.14. The van der Waals surface area contributed by atoms with E-state index >= 15 is 0 Å². The van der Waals surface area contributed by atoms with E-state index in [9.17, 15) is 4.79 Å². The van der Waals surface area contributed by atoms with Gasteiger partial charge in [-0.3, -0.25) is 4.79 Å². The van der Waals surface area contributed by atoms with E-state index in [0.29, 0.717) is 6.42 Å². The van der Waals surface area contributed by atoms with Crippen molar-refractivity contribution < 1.29 is 9.90 Å². The molecule has 0 saturated carbocycles. The fraction of sp³-hybridized carbons (Fsp3) is 0.542. The Kier molecular flexibility index (Phi) is 19.7. The summed E-state index contributed by atoms with van der Waals surface area (Å²) in [6.07, 6.45) is 31.3. The van der Waals surface area contributed by atoms with E-state index in [2.05, 4.69) is 67.7 Å². The normalized spacial score (nSPS) is 13.9. The largest absolute Gasteiger partial charge is 0.480 e. The van der Waals surface area contributed by atoms with E-state index in [1.807, 2.05) is 6.92 Å². The van der Waals surface area contributed by atoms with Crippen molar-refractivity contribution in [2.24, 2.45) is 0 Å². The molecule has 0 bridgehead atoms. The van der Waals surface area contributed by atoms with Crippen LogP contribution in [0.4, 0.5) is 0 Å². The summed E-state index contributed by atoms with van der Waals surface area (Å²) in [6.45, 7) is 4.09. The van der Waals surface area contributed by atoms with Crippen LogP contribution in [0.15, 0.2) is 60.8 Å². The highest BCUT2D eigenvalue weighted by Crippen LogP contribution is 2.17. The van der Waals surface area contributed by atoms with Gasteiger partial charge in [0.15, 0.2) is 0 Å². The van der Waals surface area contributed by atoms with Gasteiger partial charge in [0.05, 0.1) is 0 Å². The Hall–Kier alpha value is -1.48. The summed E-state index contributed by atoms with van der Waals surface area (Å²) >= 11 is 1.57. The second-order valence-corrected chi connectivity index (χ2v) is 7.62. The fourth-order valence-electron chi connectivity index (χ4n) is 2.32. The minimum atomic E-state index is -0.680. The fourth-order valence-corrected chi connectivity index (χ4v) is 3.36. The lowest BCUT2D eigenvalue weighted by atomic mass is 10.2. The number of hydrogen-bond donors (Lipinski definition) is 1. The minimum Gasteiger partial charge on any atom is -0.480 e. The van der Waals surface area contributed by atoms with Gasteiger partial charge in [0.25, 0.3) is 0 Å². The molecule has 152 valence electrons. The molecular formula is C24H38O2S. The summed E-state index contributed by atoms with van der Waals surface area (Å²) < 4.78 is 0. The lowest BCUT2D eigenvalue weighted by molar-refractivity contribution is -0.136. The number of carboxylic acid groups (broad SMARTS) is 1. The highest BCUT2D eigenvalue weighted by molar-refractivity contribution is 8.00. The van der Waals surface area contributed by atoms with E-state index < -0.39 is 5.97 Å². The first-order valence-corrected chi connectivity index (χ1v) is 11.4. The van der Waals surface area contributed by atoms with Gasteiger partial charge >= 0.3 is 5.97 Å². The first kappa shape index (κ1) is 25.5. The number of thioether (sulfide) groups is 1. The van der Waals surface area contributed by atoms with E-state index in [4.69, 9.17) is 5.11 Å². The van der Waals surface area contributed by atoms with Crippen LogP contribution in [0.5, 0.6) is 0 Å². The average molecular weight is 391 g/mol. The zero-order chi connectivity index (χ0) is 20.0. The number of hydrogen-bond acceptors (Lipinski definition) is 2. The summed E-state index contributed by atoms with van der Waals surface area (Å²) in [5.41, 5.74) is 0. The Bertz CT molecular complexity index is 487. The van der Waals surface area contributed by atoms with Gasteiger partial charge in [-0.25, -0.2) is 0 Å². The Labute approximate surface area is 171 Å². The van der Waals surface area contributed by atoms with Crippen LogP contribution in [-0.4, -0.2) is 22.1 Å². The molecule has 3 heteroatoms. The molecule has 0 heterocycles. The maximum Gasteiger partial charge on any atom is 0.316 e. The maximum atomic E-state index is 10.9. The number of allylic oxidation sites excluding steroid dienone is 10. The lowest BCUT2D eigenvalue weighted by Gasteiger charge is -2.08. The number of unbranched alkanes of at least 4 members (excludes halogenated alkanes) is 2. The van der Waals surface area contributed by atoms with Crippen molar-refractivity contribution in [3.63, 3.8) is 0 Å². The quantitative estimate of drug-likeness (QED) is 0.206. The summed E-state index contributed by atoms with van der Waals surface area (Å²) in [6, 6.07) is 0. The van der Waals surface area contributed by atoms with Gasteiger partial charge in [-0.1, -0.05) is 74.6 Å². The molecule has 0 spiro atoms. The number of carbonyl (C=O) groups is 1. The molecule has 0 aromatic heterocycles. The van der Waals surface area contributed by atoms with E-state index in [0.717, 1.165) is 57.1 Å². The predicted molar refractivity (Wildman–Crippen MR) is 122 cm³/mol. The zero-order valence-electron chi connectivity index (χ0n) is 17.2. The van der Waals surface area contributed by atoms with Gasteiger partial charge in [0.2, 0.25) is 0 Å². The van der Waals surface area contributed by atoms with Crippen molar-refractivity contribution >= 4 is 17.7 Å². The second-order valence-electron chi connectivity index (χ2n) is 6.31. The SMILES string of the molecule is CC/C=C/C/C=C/C/C=C/C/C=C/C/C=C/CCCCSC(CC)C(=O)O. The maximum absolute atomic E-state index is 10.9. The summed E-state index contributed by atoms with van der Waals surface area (Å²) in [4.78, 5) is 10.9. The van der Waals surface area contributed by atoms with Crippen molar-refractivity contribution in [1.82, 2.24) is 0 Å². The Morgan fingerprint density at radius 1 is 0.778 bits per heavy atom. The van der Waals surface area contributed by atoms with Crippen LogP contribution in [0.2, 0.25) is 0 Å². The third-order valence-corrected chi connectivity index (χ3v) is 5.35. The molecule has 0 aromatic rings. The molecule has 0 saturated heterocycles. The first-order valence-electron chi connectivity index (χ1n) is 10.3. The Morgan fingerprint density at radius 2 is 1.26 bits per heavy atom. The monoisotopic (exact) mass is 390 g/mol. The van der Waals surface area contributed by atoms with Gasteiger partial charge in [0, 0.05) is 0 Å². The van der Waals surface area contributed by atoms with Crippen LogP contribution in [0, 0.1) is 0 Å². The van der Waals surface area contributed by atoms with Crippen molar-refractivity contribution in [2.45, 2.75) is 76.9 Å². The molecule has 0 aliphatic carbocycles. The number of rotatable bonds is 17. The molecular weight excluding hydrogens is 352 g/mol. The lowest BCUT2D eigenvalue weighted by Crippen LogP contribution is -2.15. The smallest absolute Gasteiger partial charge is 0.316 e. The number of carboxylic acids is 1. The molecule has 2 nitrogen and oxygen atoms in total. The molecule has 0 amide bonds. The van der Waals surface area contributed by atoms with E-state index in [1.165, 1.54) is 0 Å². The Morgan fingerprint density at radius 3 is 1.70 bits per heavy atom. The molecule has 27 heavy (non-hydrogen) atoms. The van der Waals surface area contributed by atoms with Crippen LogP contribution in [0.3, 0.4) is 0 Å². The molecule has 0 aliphatic heterocycles. The van der Waals surface area contributed by atoms with Crippen LogP contribution in [0.1, 0.15) is 71.6 Å². The molecule has 0 fully saturated rings. The summed E-state index contributed by atoms with van der Waals surface area (Å²) in [5.74, 6) is 0.260. The molecule has 0 radical (unpaired) electrons. The third kappa shape index (κ3) is 19.1. The first-order chi connectivity index (χ1) is 13.2. The van der Waals surface area contributed by atoms with Crippen molar-refractivity contribution in [1.29, 1.82) is 0 Å². The van der Waals surface area contributed by atoms with E-state index in [-0.39, 0.29) is 5.25 Å². The van der Waals surface area contributed by atoms with Gasteiger partial charge in [-0.15, -0.1) is 11.8 Å². The van der Waals surface area contributed by atoms with Crippen molar-refractivity contribution in [3.05, 3.63) is 60.8 Å². The molecule has 0 rings (SSSR count). The molecule has 1 atom stereocenters. The van der Waals surface area contributed by atoms with Crippen molar-refractivity contribution in [3.8, 4) is 0 Å². The van der Waals surface area contributed by atoms with Crippen LogP contribution < -0.4 is 0 Å². The zero-order valence-corrected chi connectivity index (χ0v) is 18.0. The molecule has 1 N–H and O–H groups in total. The van der Waals surface area contributed by atoms with Crippen molar-refractivity contribution in [2.75, 3.05) is 5.75 Å². The number of aliphatic carboxylic acids is 1. The van der Waals surface area contributed by atoms with Crippen LogP contribution in [-0.2, 0) is 4.79 Å².